The molecule has 0 aliphatic rings. The van der Waals surface area contributed by atoms with Crippen LogP contribution in [0.4, 0.5) is 5.69 Å². The number of hydrogen-bond donors (Lipinski definition) is 2. The summed E-state index contributed by atoms with van der Waals surface area (Å²) in [5.74, 6) is -0.180. The Morgan fingerprint density at radius 1 is 0.968 bits per heavy atom. The minimum atomic E-state index is -0.552. The van der Waals surface area contributed by atoms with Gasteiger partial charge < -0.3 is 15.4 Å². The first-order valence-electron chi connectivity index (χ1n) is 9.63. The summed E-state index contributed by atoms with van der Waals surface area (Å²) in [5.41, 5.74) is 2.47. The van der Waals surface area contributed by atoms with E-state index in [1.807, 2.05) is 37.3 Å². The number of methoxy groups -OCH3 is 1. The van der Waals surface area contributed by atoms with Gasteiger partial charge in [-0.2, -0.15) is 0 Å². The number of nitrogens with one attached hydrogen (secondary N) is 2. The van der Waals surface area contributed by atoms with Gasteiger partial charge >= 0.3 is 0 Å². The summed E-state index contributed by atoms with van der Waals surface area (Å²) in [4.78, 5) is 25.7. The van der Waals surface area contributed by atoms with E-state index in [2.05, 4.69) is 10.6 Å². The molecule has 160 valence electrons. The van der Waals surface area contributed by atoms with E-state index in [0.717, 1.165) is 11.1 Å². The number of carbonyl (C=O) groups excluding carboxylic acids is 2. The Bertz CT molecular complexity index is 1090. The molecule has 2 amide bonds. The van der Waals surface area contributed by atoms with Crippen LogP contribution in [0.25, 0.3) is 0 Å². The molecule has 3 aromatic rings. The second-order valence-corrected chi connectivity index (χ2v) is 7.78. The lowest BCUT2D eigenvalue weighted by atomic mass is 10.0. The molecular weight excluding hydrogens is 435 g/mol. The molecule has 2 N–H and O–H groups in total. The van der Waals surface area contributed by atoms with Gasteiger partial charge in [-0.15, -0.1) is 0 Å². The fourth-order valence-corrected chi connectivity index (χ4v) is 3.51. The van der Waals surface area contributed by atoms with E-state index in [-0.39, 0.29) is 18.2 Å². The zero-order valence-electron chi connectivity index (χ0n) is 17.1. The first-order chi connectivity index (χ1) is 14.9. The summed E-state index contributed by atoms with van der Waals surface area (Å²) >= 11 is 12.3. The zero-order chi connectivity index (χ0) is 22.4. The lowest BCUT2D eigenvalue weighted by Crippen LogP contribution is -2.31. The lowest BCUT2D eigenvalue weighted by Gasteiger charge is -2.20. The van der Waals surface area contributed by atoms with Crippen molar-refractivity contribution in [3.05, 3.63) is 93.5 Å². The third kappa shape index (κ3) is 5.78. The second-order valence-electron chi connectivity index (χ2n) is 6.97. The first-order valence-corrected chi connectivity index (χ1v) is 10.4. The molecular formula is C24H22Cl2N2O3. The van der Waals surface area contributed by atoms with Crippen LogP contribution in [0.2, 0.25) is 10.0 Å². The van der Waals surface area contributed by atoms with Crippen molar-refractivity contribution in [2.45, 2.75) is 19.4 Å². The van der Waals surface area contributed by atoms with Gasteiger partial charge in [0.25, 0.3) is 5.91 Å². The van der Waals surface area contributed by atoms with Gasteiger partial charge in [-0.3, -0.25) is 9.59 Å². The van der Waals surface area contributed by atoms with E-state index >= 15 is 0 Å². The van der Waals surface area contributed by atoms with Crippen molar-refractivity contribution in [1.82, 2.24) is 5.32 Å². The summed E-state index contributed by atoms with van der Waals surface area (Å²) in [6, 6.07) is 18.9. The van der Waals surface area contributed by atoms with Crippen LogP contribution < -0.4 is 15.4 Å². The molecule has 1 unspecified atom stereocenters. The number of hydrogen-bond acceptors (Lipinski definition) is 3. The summed E-state index contributed by atoms with van der Waals surface area (Å²) in [7, 11) is 1.51. The summed E-state index contributed by atoms with van der Waals surface area (Å²) < 4.78 is 5.32. The predicted molar refractivity (Wildman–Crippen MR) is 124 cm³/mol. The molecule has 0 heterocycles. The highest BCUT2D eigenvalue weighted by molar-refractivity contribution is 6.33. The zero-order valence-corrected chi connectivity index (χ0v) is 18.6. The number of anilines is 1. The van der Waals surface area contributed by atoms with E-state index < -0.39 is 6.04 Å². The van der Waals surface area contributed by atoms with Crippen molar-refractivity contribution < 1.29 is 14.3 Å². The fraction of sp³-hybridized carbons (Fsp3) is 0.167. The van der Waals surface area contributed by atoms with Crippen molar-refractivity contribution in [2.75, 3.05) is 12.4 Å². The Morgan fingerprint density at radius 3 is 2.32 bits per heavy atom. The molecule has 1 atom stereocenters. The van der Waals surface area contributed by atoms with Gasteiger partial charge in [-0.1, -0.05) is 65.7 Å². The topological polar surface area (TPSA) is 67.4 Å². The number of rotatable bonds is 7. The van der Waals surface area contributed by atoms with E-state index in [1.54, 1.807) is 36.4 Å². The van der Waals surface area contributed by atoms with Crippen molar-refractivity contribution in [3.63, 3.8) is 0 Å². The van der Waals surface area contributed by atoms with E-state index in [4.69, 9.17) is 27.9 Å². The van der Waals surface area contributed by atoms with Gasteiger partial charge in [-0.25, -0.2) is 0 Å². The number of aryl methyl sites for hydroxylation is 1. The lowest BCUT2D eigenvalue weighted by molar-refractivity contribution is -0.116. The normalized spacial score (nSPS) is 11.5. The minimum Gasteiger partial charge on any atom is -0.495 e. The molecule has 0 bridgehead atoms. The van der Waals surface area contributed by atoms with Crippen LogP contribution in [0.1, 0.15) is 33.9 Å². The van der Waals surface area contributed by atoms with Crippen LogP contribution in [0.3, 0.4) is 0 Å². The van der Waals surface area contributed by atoms with Crippen LogP contribution in [0, 0.1) is 6.92 Å². The molecule has 31 heavy (non-hydrogen) atoms. The fourth-order valence-electron chi connectivity index (χ4n) is 3.14. The summed E-state index contributed by atoms with van der Waals surface area (Å²) in [6.45, 7) is 1.84. The molecule has 0 fully saturated rings. The third-order valence-electron chi connectivity index (χ3n) is 4.77. The van der Waals surface area contributed by atoms with E-state index in [9.17, 15) is 9.59 Å². The monoisotopic (exact) mass is 456 g/mol. The first kappa shape index (κ1) is 22.7. The maximum atomic E-state index is 12.9. The molecule has 0 saturated carbocycles. The Balaban J connectivity index is 1.81. The van der Waals surface area contributed by atoms with Crippen LogP contribution >= 0.6 is 23.2 Å². The van der Waals surface area contributed by atoms with E-state index in [1.165, 1.54) is 7.11 Å². The summed E-state index contributed by atoms with van der Waals surface area (Å²) in [5, 5.41) is 6.66. The molecule has 0 saturated heterocycles. The third-order valence-corrected chi connectivity index (χ3v) is 5.51. The van der Waals surface area contributed by atoms with Crippen LogP contribution in [0.5, 0.6) is 5.75 Å². The van der Waals surface area contributed by atoms with Crippen LogP contribution in [0.15, 0.2) is 66.7 Å². The summed E-state index contributed by atoms with van der Waals surface area (Å²) in [6.07, 6.45) is 0.0189. The highest BCUT2D eigenvalue weighted by Gasteiger charge is 2.21. The van der Waals surface area contributed by atoms with Crippen molar-refractivity contribution >= 4 is 40.7 Å². The standard InChI is InChI=1S/C24H22Cl2N2O3/c1-15-12-21(22(31-2)13-19(15)26)27-23(29)14-20(16-8-4-3-5-9-16)28-24(30)17-10-6-7-11-18(17)25/h3-13,20H,14H2,1-2H3,(H,27,29)(H,28,30). The van der Waals surface area contributed by atoms with Gasteiger partial charge in [-0.05, 0) is 36.2 Å². The van der Waals surface area contributed by atoms with Crippen molar-refractivity contribution in [2.24, 2.45) is 0 Å². The van der Waals surface area contributed by atoms with Gasteiger partial charge in [0.15, 0.2) is 0 Å². The van der Waals surface area contributed by atoms with Crippen LogP contribution in [-0.2, 0) is 4.79 Å². The average molecular weight is 457 g/mol. The maximum Gasteiger partial charge on any atom is 0.253 e. The van der Waals surface area contributed by atoms with Gasteiger partial charge in [0.05, 0.1) is 35.8 Å². The minimum absolute atomic E-state index is 0.0189. The van der Waals surface area contributed by atoms with Gasteiger partial charge in [0.1, 0.15) is 5.75 Å². The molecule has 7 heteroatoms. The molecule has 0 radical (unpaired) electrons. The van der Waals surface area contributed by atoms with Gasteiger partial charge in [0, 0.05) is 11.1 Å². The molecule has 0 aliphatic heterocycles. The smallest absolute Gasteiger partial charge is 0.253 e. The maximum absolute atomic E-state index is 12.9. The predicted octanol–water partition coefficient (Wildman–Crippen LogP) is 5.81. The Hall–Kier alpha value is -3.02. The number of amides is 2. The molecule has 0 aromatic heterocycles. The Morgan fingerprint density at radius 2 is 1.65 bits per heavy atom. The van der Waals surface area contributed by atoms with Gasteiger partial charge in [0.2, 0.25) is 5.91 Å². The Kier molecular flexibility index (Phi) is 7.55. The molecule has 0 spiro atoms. The van der Waals surface area contributed by atoms with E-state index in [0.29, 0.717) is 27.0 Å². The van der Waals surface area contributed by atoms with Crippen LogP contribution in [-0.4, -0.2) is 18.9 Å². The number of benzene rings is 3. The van der Waals surface area contributed by atoms with Crippen molar-refractivity contribution in [3.8, 4) is 5.75 Å². The molecule has 0 aliphatic carbocycles. The van der Waals surface area contributed by atoms with Crippen molar-refractivity contribution in [1.29, 1.82) is 0 Å². The number of carbonyl (C=O) groups is 2. The highest BCUT2D eigenvalue weighted by Crippen LogP contribution is 2.31. The number of ether oxygens (including phenoxy) is 1. The molecule has 5 nitrogen and oxygen atoms in total. The Labute approximate surface area is 191 Å². The largest absolute Gasteiger partial charge is 0.495 e. The number of halogens is 2. The average Bonchev–Trinajstić information content (AvgIpc) is 2.76. The quantitative estimate of drug-likeness (QED) is 0.471. The second kappa shape index (κ2) is 10.3. The highest BCUT2D eigenvalue weighted by atomic mass is 35.5. The SMILES string of the molecule is COc1cc(Cl)c(C)cc1NC(=O)CC(NC(=O)c1ccccc1Cl)c1ccccc1. The molecule has 3 rings (SSSR count). The molecule has 3 aromatic carbocycles.